The third kappa shape index (κ3) is 6.99. The number of aryl methyl sites for hydroxylation is 1. The molecule has 2 atom stereocenters. The number of amides is 1. The number of carbonyl (C=O) groups is 1. The van der Waals surface area contributed by atoms with E-state index in [0.717, 1.165) is 50.9 Å². The van der Waals surface area contributed by atoms with Crippen molar-refractivity contribution >= 4 is 50.7 Å². The van der Waals surface area contributed by atoms with Crippen molar-refractivity contribution in [2.24, 2.45) is 5.92 Å². The highest BCUT2D eigenvalue weighted by Gasteiger charge is 2.43. The highest BCUT2D eigenvalue weighted by atomic mass is 19.1. The van der Waals surface area contributed by atoms with Gasteiger partial charge in [0.2, 0.25) is 5.91 Å². The maximum Gasteiger partial charge on any atom is 0.231 e. The zero-order valence-corrected chi connectivity index (χ0v) is 27.0. The van der Waals surface area contributed by atoms with Gasteiger partial charge >= 0.3 is 0 Å². The number of rotatable bonds is 8. The molecule has 14 heteroatoms. The van der Waals surface area contributed by atoms with E-state index in [2.05, 4.69) is 57.7 Å². The van der Waals surface area contributed by atoms with Crippen LogP contribution in [0.1, 0.15) is 24.6 Å². The van der Waals surface area contributed by atoms with E-state index in [1.165, 1.54) is 5.56 Å². The summed E-state index contributed by atoms with van der Waals surface area (Å²) in [6, 6.07) is 15.2. The first-order valence-electron chi connectivity index (χ1n) is 16.0. The number of nitrogens with two attached hydrogens (primary N) is 2. The molecular formula is C36H33FN12O. The minimum atomic E-state index is -1.04. The van der Waals surface area contributed by atoms with Crippen molar-refractivity contribution in [2.45, 2.75) is 32.5 Å². The van der Waals surface area contributed by atoms with E-state index < -0.39 is 12.1 Å². The Morgan fingerprint density at radius 3 is 2.26 bits per heavy atom. The van der Waals surface area contributed by atoms with Gasteiger partial charge in [0, 0.05) is 65.3 Å². The predicted octanol–water partition coefficient (Wildman–Crippen LogP) is 5.74. The van der Waals surface area contributed by atoms with Gasteiger partial charge in [-0.3, -0.25) is 19.9 Å². The molecule has 1 amide bonds. The molecule has 7 heterocycles. The molecular weight excluding hydrogens is 635 g/mol. The Bertz CT molecular complexity index is 2300. The first-order valence-corrected chi connectivity index (χ1v) is 16.0. The second-order valence-corrected chi connectivity index (χ2v) is 11.8. The summed E-state index contributed by atoms with van der Waals surface area (Å²) in [5.41, 5.74) is 17.7. The van der Waals surface area contributed by atoms with Crippen molar-refractivity contribution < 1.29 is 9.18 Å². The number of carbonyl (C=O) groups excluding carboxylic acids is 1. The highest BCUT2D eigenvalue weighted by Crippen LogP contribution is 2.35. The van der Waals surface area contributed by atoms with Gasteiger partial charge in [0.15, 0.2) is 0 Å². The molecule has 1 fully saturated rings. The van der Waals surface area contributed by atoms with E-state index in [0.29, 0.717) is 35.1 Å². The van der Waals surface area contributed by atoms with Gasteiger partial charge in [0.05, 0.1) is 29.5 Å². The molecule has 1 aliphatic carbocycles. The number of hydrogen-bond donors (Lipinski definition) is 5. The van der Waals surface area contributed by atoms with Gasteiger partial charge in [-0.25, -0.2) is 24.3 Å². The van der Waals surface area contributed by atoms with Gasteiger partial charge in [-0.15, -0.1) is 0 Å². The van der Waals surface area contributed by atoms with Gasteiger partial charge in [-0.1, -0.05) is 6.92 Å². The van der Waals surface area contributed by atoms with Crippen molar-refractivity contribution in [3.8, 4) is 22.5 Å². The van der Waals surface area contributed by atoms with Gasteiger partial charge in [0.1, 0.15) is 29.4 Å². The van der Waals surface area contributed by atoms with Gasteiger partial charge in [0.25, 0.3) is 0 Å². The molecule has 0 bridgehead atoms. The minimum absolute atomic E-state index is 0.279. The second-order valence-electron chi connectivity index (χ2n) is 11.8. The number of fused-ring (bicyclic) bond motifs is 2. The Hall–Kier alpha value is -6.57. The minimum Gasteiger partial charge on any atom is -0.383 e. The standard InChI is InChI=1S/C19H19N7.C17H14FN5O/c1-2-12-3-5-21-10-15(12)17-7-13-8-18(22-9-14-4-6-24-26-14)23-11-16(13)19(20)25-17;18-13-6-11(13)17(24)23-15-5-10-4-14(9-2-1-3-20-7-9)22-16(19)12(10)8-21-15/h3-8,10-11H,2,9H2,1H3,(H2,20,25)(H,22,23)(H,24,26);1-5,7-8,11,13H,6H2,(H2,19,22)(H,21,23,24)/t;11-,13+/m.1/s1. The number of anilines is 4. The molecule has 7 aromatic rings. The molecule has 7 aromatic heterocycles. The average Bonchev–Trinajstić information content (AvgIpc) is 3.64. The summed E-state index contributed by atoms with van der Waals surface area (Å²) in [5, 5.41) is 16.1. The van der Waals surface area contributed by atoms with Gasteiger partial charge in [-0.05, 0) is 77.7 Å². The number of nitrogens with one attached hydrogen (secondary N) is 3. The molecule has 0 spiro atoms. The lowest BCUT2D eigenvalue weighted by molar-refractivity contribution is -0.117. The normalized spacial score (nSPS) is 14.9. The number of alkyl halides is 1. The van der Waals surface area contributed by atoms with Gasteiger partial charge in [-0.2, -0.15) is 5.10 Å². The number of pyridine rings is 6. The smallest absolute Gasteiger partial charge is 0.231 e. The molecule has 13 nitrogen and oxygen atoms in total. The largest absolute Gasteiger partial charge is 0.383 e. The molecule has 0 radical (unpaired) electrons. The van der Waals surface area contributed by atoms with Crippen LogP contribution >= 0.6 is 0 Å². The number of aromatic amines is 1. The molecule has 1 saturated carbocycles. The van der Waals surface area contributed by atoms with Crippen molar-refractivity contribution in [3.05, 3.63) is 103 Å². The van der Waals surface area contributed by atoms with Crippen LogP contribution in [-0.2, 0) is 17.8 Å². The topological polar surface area (TPSA) is 199 Å². The Morgan fingerprint density at radius 1 is 0.880 bits per heavy atom. The maximum atomic E-state index is 13.0. The summed E-state index contributed by atoms with van der Waals surface area (Å²) >= 11 is 0. The molecule has 50 heavy (non-hydrogen) atoms. The summed E-state index contributed by atoms with van der Waals surface area (Å²) in [6.07, 6.45) is 12.2. The van der Waals surface area contributed by atoms with Crippen molar-refractivity contribution in [3.63, 3.8) is 0 Å². The van der Waals surface area contributed by atoms with Crippen LogP contribution in [0.3, 0.4) is 0 Å². The molecule has 0 aromatic carbocycles. The van der Waals surface area contributed by atoms with E-state index in [1.54, 1.807) is 43.2 Å². The third-order valence-electron chi connectivity index (χ3n) is 8.33. The molecule has 0 unspecified atom stereocenters. The molecule has 250 valence electrons. The van der Waals surface area contributed by atoms with Crippen LogP contribution in [0.4, 0.5) is 27.7 Å². The van der Waals surface area contributed by atoms with E-state index in [-0.39, 0.29) is 12.3 Å². The van der Waals surface area contributed by atoms with Crippen molar-refractivity contribution in [1.29, 1.82) is 0 Å². The highest BCUT2D eigenvalue weighted by molar-refractivity contribution is 5.98. The number of hydrogen-bond acceptors (Lipinski definition) is 11. The fraction of sp³-hybridized carbons (Fsp3) is 0.167. The van der Waals surface area contributed by atoms with Crippen LogP contribution in [0.2, 0.25) is 0 Å². The maximum absolute atomic E-state index is 13.0. The number of aromatic nitrogens is 8. The van der Waals surface area contributed by atoms with E-state index >= 15 is 0 Å². The van der Waals surface area contributed by atoms with Crippen LogP contribution in [0.15, 0.2) is 91.9 Å². The van der Waals surface area contributed by atoms with E-state index in [9.17, 15) is 9.18 Å². The second kappa shape index (κ2) is 13.9. The molecule has 7 N–H and O–H groups in total. The van der Waals surface area contributed by atoms with Crippen LogP contribution in [0, 0.1) is 5.92 Å². The Balaban J connectivity index is 0.000000157. The summed E-state index contributed by atoms with van der Waals surface area (Å²) in [5.74, 6) is 1.05. The fourth-order valence-corrected chi connectivity index (χ4v) is 5.50. The number of nitrogen functional groups attached to an aromatic ring is 2. The number of halogens is 1. The lowest BCUT2D eigenvalue weighted by Gasteiger charge is -2.11. The van der Waals surface area contributed by atoms with E-state index in [1.807, 2.05) is 48.7 Å². The lowest BCUT2D eigenvalue weighted by atomic mass is 10.0. The molecule has 0 aliphatic heterocycles. The summed E-state index contributed by atoms with van der Waals surface area (Å²) in [7, 11) is 0. The monoisotopic (exact) mass is 668 g/mol. The van der Waals surface area contributed by atoms with Crippen molar-refractivity contribution in [1.82, 2.24) is 40.1 Å². The molecule has 1 aliphatic rings. The Morgan fingerprint density at radius 2 is 1.58 bits per heavy atom. The zero-order chi connectivity index (χ0) is 34.6. The van der Waals surface area contributed by atoms with Crippen LogP contribution in [-0.4, -0.2) is 52.2 Å². The van der Waals surface area contributed by atoms with E-state index in [4.69, 9.17) is 11.5 Å². The quantitative estimate of drug-likeness (QED) is 0.132. The first kappa shape index (κ1) is 32.0. The zero-order valence-electron chi connectivity index (χ0n) is 27.0. The van der Waals surface area contributed by atoms with Crippen molar-refractivity contribution in [2.75, 3.05) is 22.1 Å². The fourth-order valence-electron chi connectivity index (χ4n) is 5.50. The third-order valence-corrected chi connectivity index (χ3v) is 8.33. The molecule has 0 saturated heterocycles. The Kier molecular flexibility index (Phi) is 8.88. The predicted molar refractivity (Wildman–Crippen MR) is 191 cm³/mol. The van der Waals surface area contributed by atoms with Gasteiger partial charge < -0.3 is 22.1 Å². The lowest BCUT2D eigenvalue weighted by Crippen LogP contribution is -2.15. The van der Waals surface area contributed by atoms with Crippen LogP contribution in [0.5, 0.6) is 0 Å². The summed E-state index contributed by atoms with van der Waals surface area (Å²) < 4.78 is 13.0. The summed E-state index contributed by atoms with van der Waals surface area (Å²) in [4.78, 5) is 37.7. The first-order chi connectivity index (χ1) is 24.4. The molecule has 8 rings (SSSR count). The van der Waals surface area contributed by atoms with Crippen LogP contribution in [0.25, 0.3) is 44.1 Å². The van der Waals surface area contributed by atoms with Crippen LogP contribution < -0.4 is 22.1 Å². The number of H-pyrrole nitrogens is 1. The number of nitrogens with zero attached hydrogens (tertiary/aromatic N) is 7. The SMILES string of the molecule is CCc1ccncc1-c1cc2cc(NCc3ccn[nH]3)ncc2c(N)n1.Nc1nc(-c2cccnc2)cc2cc(NC(=O)[C@@H]3C[C@@H]3F)ncc12. The Labute approximate surface area is 285 Å². The summed E-state index contributed by atoms with van der Waals surface area (Å²) in [6.45, 7) is 2.74. The average molecular weight is 669 g/mol.